The number of amides is 1. The van der Waals surface area contributed by atoms with E-state index in [9.17, 15) is 9.59 Å². The molecule has 2 aromatic heterocycles. The van der Waals surface area contributed by atoms with Crippen LogP contribution in [0, 0.1) is 5.92 Å². The van der Waals surface area contributed by atoms with Crippen molar-refractivity contribution < 1.29 is 14.3 Å². The average Bonchev–Trinajstić information content (AvgIpc) is 3.97. The van der Waals surface area contributed by atoms with Gasteiger partial charge in [0, 0.05) is 69.8 Å². The number of ether oxygens (including phenoxy) is 1. The van der Waals surface area contributed by atoms with Crippen LogP contribution in [-0.2, 0) is 4.74 Å². The highest BCUT2D eigenvalue weighted by Crippen LogP contribution is 2.43. The third-order valence-electron chi connectivity index (χ3n) is 11.3. The number of nitrogens with zero attached hydrogens (tertiary/aromatic N) is 4. The molecule has 1 aliphatic carbocycles. The molecule has 2 aliphatic rings. The van der Waals surface area contributed by atoms with E-state index in [1.165, 1.54) is 32.8 Å². The summed E-state index contributed by atoms with van der Waals surface area (Å²) in [5, 5.41) is 5.58. The molecule has 1 aliphatic heterocycles. The van der Waals surface area contributed by atoms with Crippen molar-refractivity contribution in [3.63, 3.8) is 0 Å². The molecule has 0 radical (unpaired) electrons. The topological polar surface area (TPSA) is 95.5 Å². The minimum absolute atomic E-state index is 0.302. The van der Waals surface area contributed by atoms with E-state index < -0.39 is 5.97 Å². The van der Waals surface area contributed by atoms with Gasteiger partial charge in [-0.1, -0.05) is 90.1 Å². The van der Waals surface area contributed by atoms with Gasteiger partial charge in [0.15, 0.2) is 0 Å². The number of esters is 1. The maximum atomic E-state index is 14.9. The second kappa shape index (κ2) is 16.4. The first-order chi connectivity index (χ1) is 27.2. The average molecular weight is 810 g/mol. The number of nitrogens with one attached hydrogen (secondary N) is 2. The first-order valence-corrected chi connectivity index (χ1v) is 20.2. The first kappa shape index (κ1) is 38.1. The lowest BCUT2D eigenvalue weighted by molar-refractivity contribution is 0.0600. The van der Waals surface area contributed by atoms with Crippen LogP contribution in [0.15, 0.2) is 91.3 Å². The van der Waals surface area contributed by atoms with E-state index in [-0.39, 0.29) is 11.9 Å². The molecule has 9 nitrogen and oxygen atoms in total. The van der Waals surface area contributed by atoms with Crippen molar-refractivity contribution >= 4 is 69.0 Å². The third-order valence-corrected chi connectivity index (χ3v) is 12.1. The Morgan fingerprint density at radius 2 is 1.64 bits per heavy atom. The van der Waals surface area contributed by atoms with Crippen LogP contribution >= 0.6 is 34.8 Å². The van der Waals surface area contributed by atoms with E-state index in [0.29, 0.717) is 48.8 Å². The van der Waals surface area contributed by atoms with Crippen LogP contribution < -0.4 is 10.2 Å². The summed E-state index contributed by atoms with van der Waals surface area (Å²) in [4.78, 5) is 40.9. The number of carbonyl (C=O) groups is 2. The van der Waals surface area contributed by atoms with Gasteiger partial charge in [-0.15, -0.1) is 0 Å². The summed E-state index contributed by atoms with van der Waals surface area (Å²) in [6.07, 6.45) is 7.07. The summed E-state index contributed by atoms with van der Waals surface area (Å²) in [5.74, 6) is -0.0963. The number of fused-ring (bicyclic) bond motifs is 1. The largest absolute Gasteiger partial charge is 0.465 e. The van der Waals surface area contributed by atoms with E-state index in [1.807, 2.05) is 78.2 Å². The van der Waals surface area contributed by atoms with Crippen LogP contribution in [-0.4, -0.2) is 71.1 Å². The number of halogens is 3. The maximum absolute atomic E-state index is 14.9. The molecule has 288 valence electrons. The Morgan fingerprint density at radius 3 is 2.38 bits per heavy atom. The van der Waals surface area contributed by atoms with Crippen molar-refractivity contribution in [3.8, 4) is 22.5 Å². The molecule has 0 bridgehead atoms. The van der Waals surface area contributed by atoms with Gasteiger partial charge in [0.05, 0.1) is 47.8 Å². The molecule has 0 unspecified atom stereocenters. The number of aromatic amines is 1. The third kappa shape index (κ3) is 7.65. The van der Waals surface area contributed by atoms with Crippen LogP contribution in [0.1, 0.15) is 65.1 Å². The number of methoxy groups -OCH3 is 1. The molecule has 3 heterocycles. The summed E-state index contributed by atoms with van der Waals surface area (Å²) in [6.45, 7) is 6.63. The minimum atomic E-state index is -0.486. The molecular weight excluding hydrogens is 767 g/mol. The van der Waals surface area contributed by atoms with Gasteiger partial charge in [-0.05, 0) is 73.7 Å². The van der Waals surface area contributed by atoms with Gasteiger partial charge in [-0.3, -0.25) is 9.69 Å². The molecule has 2 N–H and O–H groups in total. The molecule has 2 fully saturated rings. The maximum Gasteiger partial charge on any atom is 0.337 e. The normalized spacial score (nSPS) is 15.7. The Balaban J connectivity index is 1.22. The van der Waals surface area contributed by atoms with E-state index in [0.717, 1.165) is 66.5 Å². The van der Waals surface area contributed by atoms with E-state index in [2.05, 4.69) is 20.1 Å². The summed E-state index contributed by atoms with van der Waals surface area (Å²) < 4.78 is 7.13. The number of piperazine rings is 1. The lowest BCUT2D eigenvalue weighted by Crippen LogP contribution is -2.47. The van der Waals surface area contributed by atoms with E-state index >= 15 is 0 Å². The number of anilines is 2. The van der Waals surface area contributed by atoms with Crippen LogP contribution in [0.5, 0.6) is 0 Å². The molecule has 6 aromatic rings. The number of hydrogen-bond acceptors (Lipinski definition) is 6. The lowest BCUT2D eigenvalue weighted by atomic mass is 9.99. The zero-order chi connectivity index (χ0) is 38.9. The molecule has 8 rings (SSSR count). The smallest absolute Gasteiger partial charge is 0.337 e. The standard InChI is InChI=1S/C44H43Cl3N6O3/c1-27(33-15-13-31(45)23-35(33)47)53-26-48-40(29-10-4-3-5-11-29)42(53)39-34-16-14-32(46)24-36(34)49-41(39)43(54)50-37-22-30(44(55)56-2)12-17-38(37)52-20-18-51(19-21-52)25-28-8-6-7-9-28/h3-5,10-17,22-24,26-28,49H,6-9,18-21,25H2,1-2H3,(H,50,54)/t27-/m0/s1. The SMILES string of the molecule is COC(=O)c1ccc(N2CCN(CC3CCCC3)CC2)c(NC(=O)c2[nH]c3cc(Cl)ccc3c2-c2c(-c3ccccc3)ncn2[C@@H](C)c2ccc(Cl)cc2Cl)c1. The number of rotatable bonds is 10. The first-order valence-electron chi connectivity index (χ1n) is 19.1. The summed E-state index contributed by atoms with van der Waals surface area (Å²) in [6, 6.07) is 25.9. The zero-order valence-electron chi connectivity index (χ0n) is 31.3. The summed E-state index contributed by atoms with van der Waals surface area (Å²) >= 11 is 19.6. The molecule has 56 heavy (non-hydrogen) atoms. The van der Waals surface area contributed by atoms with Crippen LogP contribution in [0.4, 0.5) is 11.4 Å². The Kier molecular flexibility index (Phi) is 11.1. The second-order valence-electron chi connectivity index (χ2n) is 14.7. The highest BCUT2D eigenvalue weighted by Gasteiger charge is 2.30. The van der Waals surface area contributed by atoms with E-state index in [4.69, 9.17) is 44.5 Å². The van der Waals surface area contributed by atoms with Gasteiger partial charge in [-0.2, -0.15) is 0 Å². The van der Waals surface area contributed by atoms with Crippen LogP contribution in [0.25, 0.3) is 33.4 Å². The van der Waals surface area contributed by atoms with Crippen molar-refractivity contribution in [1.82, 2.24) is 19.4 Å². The van der Waals surface area contributed by atoms with Gasteiger partial charge in [0.25, 0.3) is 5.91 Å². The Labute approximate surface area is 341 Å². The van der Waals surface area contributed by atoms with Gasteiger partial charge in [-0.25, -0.2) is 9.78 Å². The molecule has 0 spiro atoms. The fourth-order valence-electron chi connectivity index (χ4n) is 8.36. The number of carbonyl (C=O) groups excluding carboxylic acids is 2. The van der Waals surface area contributed by atoms with Crippen molar-refractivity contribution in [1.29, 1.82) is 0 Å². The highest BCUT2D eigenvalue weighted by molar-refractivity contribution is 6.35. The van der Waals surface area contributed by atoms with Crippen molar-refractivity contribution in [3.05, 3.63) is 123 Å². The predicted octanol–water partition coefficient (Wildman–Crippen LogP) is 10.6. The fourth-order valence-corrected chi connectivity index (χ4v) is 9.10. The number of hydrogen-bond donors (Lipinski definition) is 2. The van der Waals surface area contributed by atoms with Gasteiger partial charge < -0.3 is 24.5 Å². The van der Waals surface area contributed by atoms with Crippen molar-refractivity contribution in [2.75, 3.05) is 50.1 Å². The lowest BCUT2D eigenvalue weighted by Gasteiger charge is -2.38. The van der Waals surface area contributed by atoms with Crippen molar-refractivity contribution in [2.45, 2.75) is 38.6 Å². The number of H-pyrrole nitrogens is 1. The van der Waals surface area contributed by atoms with Gasteiger partial charge in [0.1, 0.15) is 5.69 Å². The summed E-state index contributed by atoms with van der Waals surface area (Å²) in [7, 11) is 1.35. The fraction of sp³-hybridized carbons (Fsp3) is 0.295. The molecule has 12 heteroatoms. The molecular formula is C44H43Cl3N6O3. The van der Waals surface area contributed by atoms with Crippen LogP contribution in [0.3, 0.4) is 0 Å². The number of benzene rings is 4. The Bertz CT molecular complexity index is 2400. The molecule has 1 saturated heterocycles. The zero-order valence-corrected chi connectivity index (χ0v) is 33.6. The number of aromatic nitrogens is 3. The molecule has 4 aromatic carbocycles. The van der Waals surface area contributed by atoms with Gasteiger partial charge >= 0.3 is 5.97 Å². The summed E-state index contributed by atoms with van der Waals surface area (Å²) in [5.41, 5.74) is 6.47. The van der Waals surface area contributed by atoms with Gasteiger partial charge in [0.2, 0.25) is 0 Å². The monoisotopic (exact) mass is 808 g/mol. The Hall–Kier alpha value is -4.80. The molecule has 1 saturated carbocycles. The molecule has 1 amide bonds. The second-order valence-corrected chi connectivity index (χ2v) is 16.0. The predicted molar refractivity (Wildman–Crippen MR) is 227 cm³/mol. The highest BCUT2D eigenvalue weighted by atomic mass is 35.5. The molecule has 1 atom stereocenters. The van der Waals surface area contributed by atoms with Crippen molar-refractivity contribution in [2.24, 2.45) is 5.92 Å². The minimum Gasteiger partial charge on any atom is -0.465 e. The number of imidazole rings is 1. The quantitative estimate of drug-likeness (QED) is 0.134. The van der Waals surface area contributed by atoms with E-state index in [1.54, 1.807) is 24.5 Å². The Morgan fingerprint density at radius 1 is 0.911 bits per heavy atom. The van der Waals surface area contributed by atoms with Crippen LogP contribution in [0.2, 0.25) is 15.1 Å².